The van der Waals surface area contributed by atoms with E-state index < -0.39 is 0 Å². The molecule has 2 aromatic carbocycles. The van der Waals surface area contributed by atoms with Crippen LogP contribution in [0.1, 0.15) is 0 Å². The van der Waals surface area contributed by atoms with Crippen molar-refractivity contribution in [3.8, 4) is 0 Å². The molecule has 3 nitrogen and oxygen atoms in total. The van der Waals surface area contributed by atoms with E-state index >= 15 is 0 Å². The average Bonchev–Trinajstić information content (AvgIpc) is 2.43. The first kappa shape index (κ1) is 14.9. The zero-order valence-electron chi connectivity index (χ0n) is 10.9. The standard InChI is InChI=1S/C15H14BrClN2O/c1-19(12-5-3-2-4-6-12)10-15(20)18-14-8-7-11(16)9-13(14)17/h2-9H,10H2,1H3,(H,18,20). The molecule has 2 rings (SSSR count). The van der Waals surface area contributed by atoms with Gasteiger partial charge in [0.15, 0.2) is 0 Å². The number of amides is 1. The van der Waals surface area contributed by atoms with Crippen LogP contribution in [0.2, 0.25) is 5.02 Å². The number of para-hydroxylation sites is 1. The fraction of sp³-hybridized carbons (Fsp3) is 0.133. The summed E-state index contributed by atoms with van der Waals surface area (Å²) in [4.78, 5) is 13.9. The molecular formula is C15H14BrClN2O. The molecule has 104 valence electrons. The number of nitrogens with zero attached hydrogens (tertiary/aromatic N) is 1. The number of carbonyl (C=O) groups is 1. The number of anilines is 2. The van der Waals surface area contributed by atoms with Crippen molar-refractivity contribution in [2.45, 2.75) is 0 Å². The molecule has 0 spiro atoms. The Morgan fingerprint density at radius 1 is 1.25 bits per heavy atom. The van der Waals surface area contributed by atoms with Crippen molar-refractivity contribution in [3.05, 3.63) is 58.0 Å². The number of likely N-dealkylation sites (N-methyl/N-ethyl adjacent to an activating group) is 1. The minimum Gasteiger partial charge on any atom is -0.365 e. The van der Waals surface area contributed by atoms with Crippen LogP contribution in [0.25, 0.3) is 0 Å². The van der Waals surface area contributed by atoms with Crippen LogP contribution in [0.4, 0.5) is 11.4 Å². The highest BCUT2D eigenvalue weighted by atomic mass is 79.9. The first-order valence-electron chi connectivity index (χ1n) is 6.07. The maximum absolute atomic E-state index is 12.0. The maximum Gasteiger partial charge on any atom is 0.243 e. The van der Waals surface area contributed by atoms with E-state index in [-0.39, 0.29) is 12.5 Å². The molecule has 0 aliphatic carbocycles. The molecule has 0 unspecified atom stereocenters. The number of rotatable bonds is 4. The third kappa shape index (κ3) is 3.99. The van der Waals surface area contributed by atoms with Crippen molar-refractivity contribution in [2.75, 3.05) is 23.8 Å². The van der Waals surface area contributed by atoms with Gasteiger partial charge in [-0.05, 0) is 30.3 Å². The molecule has 0 aliphatic heterocycles. The van der Waals surface area contributed by atoms with E-state index in [0.29, 0.717) is 10.7 Å². The van der Waals surface area contributed by atoms with Crippen molar-refractivity contribution < 1.29 is 4.79 Å². The Balaban J connectivity index is 1.99. The monoisotopic (exact) mass is 352 g/mol. The third-order valence-corrected chi connectivity index (χ3v) is 3.59. The van der Waals surface area contributed by atoms with Crippen LogP contribution in [0.15, 0.2) is 53.0 Å². The number of carbonyl (C=O) groups excluding carboxylic acids is 1. The second-order valence-electron chi connectivity index (χ2n) is 4.36. The second kappa shape index (κ2) is 6.77. The molecule has 5 heteroatoms. The Morgan fingerprint density at radius 2 is 1.95 bits per heavy atom. The van der Waals surface area contributed by atoms with Crippen molar-refractivity contribution in [2.24, 2.45) is 0 Å². The molecule has 0 heterocycles. The van der Waals surface area contributed by atoms with E-state index in [0.717, 1.165) is 10.2 Å². The minimum atomic E-state index is -0.111. The highest BCUT2D eigenvalue weighted by molar-refractivity contribution is 9.10. The summed E-state index contributed by atoms with van der Waals surface area (Å²) < 4.78 is 0.877. The van der Waals surface area contributed by atoms with Gasteiger partial charge in [0.2, 0.25) is 5.91 Å². The lowest BCUT2D eigenvalue weighted by Crippen LogP contribution is -2.30. The number of halogens is 2. The topological polar surface area (TPSA) is 32.3 Å². The van der Waals surface area contributed by atoms with Crippen LogP contribution in [-0.2, 0) is 4.79 Å². The quantitative estimate of drug-likeness (QED) is 0.894. The van der Waals surface area contributed by atoms with Crippen molar-refractivity contribution >= 4 is 44.8 Å². The molecule has 0 saturated carbocycles. The fourth-order valence-corrected chi connectivity index (χ4v) is 2.49. The van der Waals surface area contributed by atoms with Gasteiger partial charge in [-0.25, -0.2) is 0 Å². The van der Waals surface area contributed by atoms with Gasteiger partial charge in [-0.3, -0.25) is 4.79 Å². The summed E-state index contributed by atoms with van der Waals surface area (Å²) in [7, 11) is 1.87. The predicted octanol–water partition coefficient (Wildman–Crippen LogP) is 4.18. The van der Waals surface area contributed by atoms with Crippen LogP contribution in [-0.4, -0.2) is 19.5 Å². The molecule has 20 heavy (non-hydrogen) atoms. The number of benzene rings is 2. The van der Waals surface area contributed by atoms with E-state index in [4.69, 9.17) is 11.6 Å². The van der Waals surface area contributed by atoms with Crippen LogP contribution in [0.5, 0.6) is 0 Å². The van der Waals surface area contributed by atoms with Crippen molar-refractivity contribution in [1.29, 1.82) is 0 Å². The van der Waals surface area contributed by atoms with E-state index in [2.05, 4.69) is 21.2 Å². The van der Waals surface area contributed by atoms with Crippen LogP contribution < -0.4 is 10.2 Å². The molecule has 0 radical (unpaired) electrons. The highest BCUT2D eigenvalue weighted by Gasteiger charge is 2.09. The summed E-state index contributed by atoms with van der Waals surface area (Å²) in [5.74, 6) is -0.111. The Kier molecular flexibility index (Phi) is 5.04. The summed E-state index contributed by atoms with van der Waals surface area (Å²) in [5.41, 5.74) is 1.60. The summed E-state index contributed by atoms with van der Waals surface area (Å²) in [6, 6.07) is 15.1. The largest absolute Gasteiger partial charge is 0.365 e. The Morgan fingerprint density at radius 3 is 2.60 bits per heavy atom. The van der Waals surface area contributed by atoms with E-state index in [1.807, 2.05) is 48.3 Å². The average molecular weight is 354 g/mol. The van der Waals surface area contributed by atoms with E-state index in [1.54, 1.807) is 12.1 Å². The molecule has 0 atom stereocenters. The highest BCUT2D eigenvalue weighted by Crippen LogP contribution is 2.25. The minimum absolute atomic E-state index is 0.111. The lowest BCUT2D eigenvalue weighted by Gasteiger charge is -2.18. The number of hydrogen-bond acceptors (Lipinski definition) is 2. The molecular weight excluding hydrogens is 340 g/mol. The molecule has 1 N–H and O–H groups in total. The van der Waals surface area contributed by atoms with Crippen molar-refractivity contribution in [3.63, 3.8) is 0 Å². The lowest BCUT2D eigenvalue weighted by atomic mass is 10.3. The molecule has 0 bridgehead atoms. The van der Waals surface area contributed by atoms with Gasteiger partial charge in [0, 0.05) is 17.2 Å². The molecule has 0 aromatic heterocycles. The van der Waals surface area contributed by atoms with E-state index in [1.165, 1.54) is 0 Å². The predicted molar refractivity (Wildman–Crippen MR) is 87.5 cm³/mol. The first-order chi connectivity index (χ1) is 9.56. The lowest BCUT2D eigenvalue weighted by molar-refractivity contribution is -0.114. The molecule has 0 fully saturated rings. The molecule has 2 aromatic rings. The summed E-state index contributed by atoms with van der Waals surface area (Å²) in [5, 5.41) is 3.31. The van der Waals surface area contributed by atoms with Crippen molar-refractivity contribution in [1.82, 2.24) is 0 Å². The normalized spacial score (nSPS) is 10.2. The van der Waals surface area contributed by atoms with Crippen LogP contribution in [0.3, 0.4) is 0 Å². The van der Waals surface area contributed by atoms with Gasteiger partial charge < -0.3 is 10.2 Å². The summed E-state index contributed by atoms with van der Waals surface area (Å²) >= 11 is 9.40. The zero-order chi connectivity index (χ0) is 14.5. The maximum atomic E-state index is 12.0. The number of nitrogens with one attached hydrogen (secondary N) is 1. The Bertz CT molecular complexity index is 604. The van der Waals surface area contributed by atoms with E-state index in [9.17, 15) is 4.79 Å². The molecule has 1 amide bonds. The van der Waals surface area contributed by atoms with Gasteiger partial charge in [0.25, 0.3) is 0 Å². The van der Waals surface area contributed by atoms with Gasteiger partial charge in [0.1, 0.15) is 0 Å². The second-order valence-corrected chi connectivity index (χ2v) is 5.69. The smallest absolute Gasteiger partial charge is 0.243 e. The summed E-state index contributed by atoms with van der Waals surface area (Å²) in [6.07, 6.45) is 0. The Hall–Kier alpha value is -1.52. The van der Waals surface area contributed by atoms with Gasteiger partial charge in [-0.1, -0.05) is 45.7 Å². The summed E-state index contributed by atoms with van der Waals surface area (Å²) in [6.45, 7) is 0.260. The van der Waals surface area contributed by atoms with Crippen LogP contribution >= 0.6 is 27.5 Å². The SMILES string of the molecule is CN(CC(=O)Nc1ccc(Br)cc1Cl)c1ccccc1. The molecule has 0 aliphatic rings. The van der Waals surface area contributed by atoms with Gasteiger partial charge in [-0.2, -0.15) is 0 Å². The third-order valence-electron chi connectivity index (χ3n) is 2.78. The Labute approximate surface area is 131 Å². The first-order valence-corrected chi connectivity index (χ1v) is 7.24. The van der Waals surface area contributed by atoms with Gasteiger partial charge in [-0.15, -0.1) is 0 Å². The van der Waals surface area contributed by atoms with Gasteiger partial charge in [0.05, 0.1) is 17.3 Å². The van der Waals surface area contributed by atoms with Crippen LogP contribution in [0, 0.1) is 0 Å². The molecule has 0 saturated heterocycles. The number of hydrogen-bond donors (Lipinski definition) is 1. The zero-order valence-corrected chi connectivity index (χ0v) is 13.3. The fourth-order valence-electron chi connectivity index (χ4n) is 1.77. The van der Waals surface area contributed by atoms with Gasteiger partial charge >= 0.3 is 0 Å².